The van der Waals surface area contributed by atoms with Gasteiger partial charge in [0.2, 0.25) is 10.0 Å². The number of sulfonamides is 1. The maximum Gasteiger partial charge on any atom is 0.211 e. The molecule has 0 bridgehead atoms. The van der Waals surface area contributed by atoms with E-state index >= 15 is 0 Å². The Hall–Kier alpha value is -2.67. The highest BCUT2D eigenvalue weighted by Gasteiger charge is 2.12. The molecule has 0 spiro atoms. The van der Waals surface area contributed by atoms with E-state index in [0.717, 1.165) is 12.0 Å². The van der Waals surface area contributed by atoms with Crippen LogP contribution in [0.1, 0.15) is 32.4 Å². The van der Waals surface area contributed by atoms with Crippen LogP contribution in [0.25, 0.3) is 22.0 Å². The molecule has 3 aromatic rings. The number of pyridine rings is 1. The van der Waals surface area contributed by atoms with Crippen molar-refractivity contribution in [1.29, 1.82) is 0 Å². The molecular formula is C23H29BrFN7O2S. The summed E-state index contributed by atoms with van der Waals surface area (Å²) in [5.74, 6) is 0.00518. The van der Waals surface area contributed by atoms with Crippen LogP contribution in [-0.4, -0.2) is 46.9 Å². The number of anilines is 1. The van der Waals surface area contributed by atoms with Gasteiger partial charge in [0.15, 0.2) is 0 Å². The summed E-state index contributed by atoms with van der Waals surface area (Å²) in [5.41, 5.74) is 8.80. The number of nitrogen functional groups attached to an aromatic ring is 1. The second kappa shape index (κ2) is 12.3. The van der Waals surface area contributed by atoms with Crippen LogP contribution in [0.15, 0.2) is 47.3 Å². The van der Waals surface area contributed by atoms with Crippen LogP contribution >= 0.6 is 15.9 Å². The lowest BCUT2D eigenvalue weighted by Crippen LogP contribution is -2.34. The minimum atomic E-state index is -3.23. The van der Waals surface area contributed by atoms with Gasteiger partial charge in [-0.2, -0.15) is 5.10 Å². The SMILES string of the molecule is CCC(CCNS(=O)(=O)CC)NCc1ncc(-c2cnc3ccc(F)cc3c2)cn[nH]c(N)c1Br. The molecule has 188 valence electrons. The molecule has 5 N–H and O–H groups in total. The normalized spacial score (nSPS) is 12.5. The lowest BCUT2D eigenvalue weighted by Gasteiger charge is -2.17. The van der Waals surface area contributed by atoms with Gasteiger partial charge >= 0.3 is 0 Å². The Kier molecular flexibility index (Phi) is 9.49. The molecule has 0 aliphatic heterocycles. The van der Waals surface area contributed by atoms with Crippen molar-refractivity contribution in [1.82, 2.24) is 30.2 Å². The molecule has 0 saturated carbocycles. The third-order valence-electron chi connectivity index (χ3n) is 5.46. The van der Waals surface area contributed by atoms with Crippen LogP contribution in [-0.2, 0) is 16.6 Å². The fourth-order valence-electron chi connectivity index (χ4n) is 3.33. The number of H-pyrrole nitrogens is 1. The minimum absolute atomic E-state index is 0.0520. The van der Waals surface area contributed by atoms with E-state index < -0.39 is 10.0 Å². The number of hydrogen-bond acceptors (Lipinski definition) is 7. The molecule has 2 heterocycles. The standard InChI is InChI=1S/C23H29BrFN7O2S/c1-3-19(7-8-31-35(33,34)4-2)27-14-21-22(24)23(26)32-30-13-17(12-29-21)16-9-15-10-18(25)5-6-20(15)28-11-16/h5-6,9-13,19,27,31-32H,3-4,7-8,14,26H2,1-2H3. The molecule has 12 heteroatoms. The molecule has 0 aliphatic rings. The smallest absolute Gasteiger partial charge is 0.211 e. The zero-order chi connectivity index (χ0) is 25.4. The average Bonchev–Trinajstić information content (AvgIpc) is 2.91. The minimum Gasteiger partial charge on any atom is -0.383 e. The Balaban J connectivity index is 1.85. The molecule has 2 aromatic heterocycles. The molecule has 0 fully saturated rings. The molecule has 1 aromatic carbocycles. The van der Waals surface area contributed by atoms with E-state index in [9.17, 15) is 12.8 Å². The molecule has 35 heavy (non-hydrogen) atoms. The van der Waals surface area contributed by atoms with Crippen molar-refractivity contribution in [2.45, 2.75) is 39.3 Å². The average molecular weight is 567 g/mol. The molecule has 0 saturated heterocycles. The predicted molar refractivity (Wildman–Crippen MR) is 140 cm³/mol. The van der Waals surface area contributed by atoms with E-state index in [4.69, 9.17) is 5.73 Å². The van der Waals surface area contributed by atoms with Crippen molar-refractivity contribution in [3.8, 4) is 11.1 Å². The fourth-order valence-corrected chi connectivity index (χ4v) is 4.29. The summed E-state index contributed by atoms with van der Waals surface area (Å²) < 4.78 is 40.2. The second-order valence-corrected chi connectivity index (χ2v) is 10.8. The maximum atomic E-state index is 13.7. The molecule has 3 rings (SSSR count). The topological polar surface area (TPSA) is 139 Å². The van der Waals surface area contributed by atoms with Gasteiger partial charge in [0.1, 0.15) is 11.6 Å². The molecule has 1 unspecified atom stereocenters. The number of fused-ring (bicyclic) bond motifs is 1. The number of benzene rings is 1. The van der Waals surface area contributed by atoms with Crippen molar-refractivity contribution in [2.24, 2.45) is 0 Å². The zero-order valence-corrected chi connectivity index (χ0v) is 22.0. The number of nitrogens with one attached hydrogen (secondary N) is 3. The molecule has 0 aliphatic carbocycles. The highest BCUT2D eigenvalue weighted by molar-refractivity contribution is 9.10. The van der Waals surface area contributed by atoms with E-state index in [1.54, 1.807) is 31.6 Å². The van der Waals surface area contributed by atoms with E-state index in [2.05, 4.69) is 46.1 Å². The van der Waals surface area contributed by atoms with Crippen LogP contribution in [0.4, 0.5) is 10.2 Å². The number of nitrogens with zero attached hydrogens (tertiary/aromatic N) is 3. The Bertz CT molecular complexity index is 1330. The first kappa shape index (κ1) is 26.9. The monoisotopic (exact) mass is 565 g/mol. The second-order valence-electron chi connectivity index (χ2n) is 7.89. The highest BCUT2D eigenvalue weighted by Crippen LogP contribution is 2.23. The molecule has 9 nitrogen and oxygen atoms in total. The highest BCUT2D eigenvalue weighted by atomic mass is 79.9. The van der Waals surface area contributed by atoms with Gasteiger partial charge in [-0.15, -0.1) is 0 Å². The van der Waals surface area contributed by atoms with E-state index in [-0.39, 0.29) is 17.6 Å². The van der Waals surface area contributed by atoms with E-state index in [0.29, 0.717) is 52.0 Å². The quantitative estimate of drug-likeness (QED) is 0.293. The Morgan fingerprint density at radius 2 is 1.91 bits per heavy atom. The van der Waals surface area contributed by atoms with Crippen LogP contribution in [0, 0.1) is 5.82 Å². The third kappa shape index (κ3) is 7.66. The van der Waals surface area contributed by atoms with Gasteiger partial charge in [-0.25, -0.2) is 17.5 Å². The van der Waals surface area contributed by atoms with Gasteiger partial charge in [0, 0.05) is 48.0 Å². The summed E-state index contributed by atoms with van der Waals surface area (Å²) in [6.45, 7) is 4.36. The number of hydrogen-bond donors (Lipinski definition) is 4. The molecule has 1 atom stereocenters. The summed E-state index contributed by atoms with van der Waals surface area (Å²) in [5, 5.41) is 11.0. The van der Waals surface area contributed by atoms with E-state index in [1.165, 1.54) is 12.1 Å². The predicted octanol–water partition coefficient (Wildman–Crippen LogP) is 3.83. The fraction of sp³-hybridized carbons (Fsp3) is 0.348. The van der Waals surface area contributed by atoms with Crippen LogP contribution in [0.3, 0.4) is 0 Å². The number of rotatable bonds is 10. The van der Waals surface area contributed by atoms with Gasteiger partial charge < -0.3 is 11.1 Å². The first-order valence-electron chi connectivity index (χ1n) is 11.2. The molecule has 0 radical (unpaired) electrons. The Morgan fingerprint density at radius 3 is 2.66 bits per heavy atom. The summed E-state index contributed by atoms with van der Waals surface area (Å²) in [6.07, 6.45) is 6.34. The molecule has 0 amide bonds. The number of aromatic nitrogens is 4. The van der Waals surface area contributed by atoms with Crippen molar-refractivity contribution in [2.75, 3.05) is 18.0 Å². The van der Waals surface area contributed by atoms with Crippen LogP contribution in [0.5, 0.6) is 0 Å². The number of halogens is 2. The van der Waals surface area contributed by atoms with Crippen molar-refractivity contribution < 1.29 is 12.8 Å². The summed E-state index contributed by atoms with van der Waals surface area (Å²) in [7, 11) is -3.23. The first-order valence-corrected chi connectivity index (χ1v) is 13.6. The lowest BCUT2D eigenvalue weighted by atomic mass is 10.1. The first-order chi connectivity index (χ1) is 16.7. The lowest BCUT2D eigenvalue weighted by molar-refractivity contribution is 0.461. The van der Waals surface area contributed by atoms with Crippen molar-refractivity contribution >= 4 is 42.7 Å². The van der Waals surface area contributed by atoms with Crippen molar-refractivity contribution in [3.63, 3.8) is 0 Å². The number of aromatic amines is 1. The van der Waals surface area contributed by atoms with Gasteiger partial charge in [-0.1, -0.05) is 6.92 Å². The summed E-state index contributed by atoms with van der Waals surface area (Å²) in [6, 6.07) is 6.32. The summed E-state index contributed by atoms with van der Waals surface area (Å²) >= 11 is 3.49. The van der Waals surface area contributed by atoms with Crippen LogP contribution in [0.2, 0.25) is 0 Å². The van der Waals surface area contributed by atoms with Gasteiger partial charge in [0.25, 0.3) is 0 Å². The van der Waals surface area contributed by atoms with Gasteiger partial charge in [-0.3, -0.25) is 15.1 Å². The Labute approximate surface area is 212 Å². The Morgan fingerprint density at radius 1 is 1.14 bits per heavy atom. The zero-order valence-electron chi connectivity index (χ0n) is 19.6. The van der Waals surface area contributed by atoms with Gasteiger partial charge in [0.05, 0.1) is 27.6 Å². The van der Waals surface area contributed by atoms with E-state index in [1.807, 2.05) is 13.0 Å². The molecular weight excluding hydrogens is 537 g/mol. The third-order valence-corrected chi connectivity index (χ3v) is 7.75. The van der Waals surface area contributed by atoms with Crippen LogP contribution < -0.4 is 15.8 Å². The summed E-state index contributed by atoms with van der Waals surface area (Å²) in [4.78, 5) is 9.03. The number of nitrogens with two attached hydrogens (primary N) is 1. The van der Waals surface area contributed by atoms with Gasteiger partial charge in [-0.05, 0) is 60.0 Å². The largest absolute Gasteiger partial charge is 0.383 e. The van der Waals surface area contributed by atoms with Crippen molar-refractivity contribution in [3.05, 3.63) is 58.8 Å². The maximum absolute atomic E-state index is 13.7.